The summed E-state index contributed by atoms with van der Waals surface area (Å²) in [5.41, 5.74) is 0. The lowest BCUT2D eigenvalue weighted by Gasteiger charge is -2.07. The van der Waals surface area contributed by atoms with E-state index in [4.69, 9.17) is 19.8 Å². The number of hydrogen-bond acceptors (Lipinski definition) is 5. The quantitative estimate of drug-likeness (QED) is 0.534. The Kier molecular flexibility index (Phi) is 7.19. The Balaban J connectivity index is 2.43. The number of amides is 1. The number of furan rings is 1. The number of carbonyl (C=O) groups excluding carboxylic acids is 1. The highest BCUT2D eigenvalue weighted by Crippen LogP contribution is 2.28. The van der Waals surface area contributed by atoms with Crippen molar-refractivity contribution in [1.29, 1.82) is 0 Å². The second kappa shape index (κ2) is 8.17. The average molecular weight is 403 g/mol. The summed E-state index contributed by atoms with van der Waals surface area (Å²) in [7, 11) is 1.25. The molecule has 0 unspecified atom stereocenters. The van der Waals surface area contributed by atoms with Crippen molar-refractivity contribution >= 4 is 41.6 Å². The number of rotatable bonds is 8. The first-order valence-corrected chi connectivity index (χ1v) is 9.46. The predicted molar refractivity (Wildman–Crippen MR) is 82.1 cm³/mol. The maximum Gasteiger partial charge on any atom is 0.287 e. The van der Waals surface area contributed by atoms with Crippen LogP contribution >= 0.6 is 26.6 Å². The fourth-order valence-corrected chi connectivity index (χ4v) is 3.50. The van der Waals surface area contributed by atoms with E-state index in [-0.39, 0.29) is 21.4 Å². The van der Waals surface area contributed by atoms with Crippen LogP contribution in [0.15, 0.2) is 20.0 Å². The molecule has 0 aliphatic carbocycles. The highest BCUT2D eigenvalue weighted by atomic mass is 79.9. The van der Waals surface area contributed by atoms with Crippen molar-refractivity contribution < 1.29 is 22.4 Å². The maximum absolute atomic E-state index is 11.8. The van der Waals surface area contributed by atoms with Crippen molar-refractivity contribution in [2.45, 2.75) is 37.7 Å². The van der Waals surface area contributed by atoms with Gasteiger partial charge in [0.2, 0.25) is 0 Å². The van der Waals surface area contributed by atoms with Crippen LogP contribution in [0.3, 0.4) is 0 Å². The zero-order valence-corrected chi connectivity index (χ0v) is 14.8. The molecule has 9 heteroatoms. The molecule has 0 saturated heterocycles. The highest BCUT2D eigenvalue weighted by molar-refractivity contribution is 9.10. The fourth-order valence-electron chi connectivity index (χ4n) is 1.47. The van der Waals surface area contributed by atoms with Crippen LogP contribution in [0.2, 0.25) is 0 Å². The molecule has 0 atom stereocenters. The summed E-state index contributed by atoms with van der Waals surface area (Å²) in [5, 5.41) is 2.63. The smallest absolute Gasteiger partial charge is 0.287 e. The van der Waals surface area contributed by atoms with E-state index in [1.165, 1.54) is 0 Å². The molecule has 0 bridgehead atoms. The molecular formula is C12H17BrClNO5S. The summed E-state index contributed by atoms with van der Waals surface area (Å²) in [5.74, 6) is -0.605. The topological polar surface area (TPSA) is 85.6 Å². The molecule has 21 heavy (non-hydrogen) atoms. The molecule has 120 valence electrons. The monoisotopic (exact) mass is 401 g/mol. The number of nitrogens with one attached hydrogen (secondary N) is 1. The standard InChI is InChI=1S/C12H17BrClNO5S/c1-8(2)19-6-4-3-5-15-12(16)9-7-10(11(13)20-9)21(14,17)18/h7-8H,3-6H2,1-2H3,(H,15,16). The zero-order chi connectivity index (χ0) is 16.0. The van der Waals surface area contributed by atoms with Crippen LogP contribution in [0.1, 0.15) is 37.2 Å². The van der Waals surface area contributed by atoms with Gasteiger partial charge < -0.3 is 14.5 Å². The molecule has 1 rings (SSSR count). The molecule has 1 heterocycles. The van der Waals surface area contributed by atoms with E-state index in [1.54, 1.807) is 0 Å². The second-order valence-electron chi connectivity index (χ2n) is 4.57. The van der Waals surface area contributed by atoms with E-state index < -0.39 is 15.0 Å². The molecular weight excluding hydrogens is 386 g/mol. The normalized spacial score (nSPS) is 11.9. The Bertz CT molecular complexity index is 584. The molecule has 1 aromatic heterocycles. The Labute approximate surface area is 136 Å². The molecule has 1 amide bonds. The fraction of sp³-hybridized carbons (Fsp3) is 0.583. The average Bonchev–Trinajstić information content (AvgIpc) is 2.75. The largest absolute Gasteiger partial charge is 0.443 e. The Hall–Kier alpha value is -0.570. The number of ether oxygens (including phenoxy) is 1. The van der Waals surface area contributed by atoms with Gasteiger partial charge in [0, 0.05) is 29.9 Å². The molecule has 0 fully saturated rings. The second-order valence-corrected chi connectivity index (χ2v) is 7.82. The first kappa shape index (κ1) is 18.5. The van der Waals surface area contributed by atoms with Crippen molar-refractivity contribution in [3.05, 3.63) is 16.5 Å². The summed E-state index contributed by atoms with van der Waals surface area (Å²) in [6, 6.07) is 1.09. The van der Waals surface area contributed by atoms with Gasteiger partial charge in [0.15, 0.2) is 10.4 Å². The van der Waals surface area contributed by atoms with E-state index in [0.29, 0.717) is 13.2 Å². The van der Waals surface area contributed by atoms with Gasteiger partial charge in [0.1, 0.15) is 4.90 Å². The van der Waals surface area contributed by atoms with Gasteiger partial charge in [-0.2, -0.15) is 0 Å². The van der Waals surface area contributed by atoms with Crippen LogP contribution in [0.4, 0.5) is 0 Å². The molecule has 1 aromatic rings. The summed E-state index contributed by atoms with van der Waals surface area (Å²) in [6.45, 7) is 4.99. The van der Waals surface area contributed by atoms with Gasteiger partial charge in [0.25, 0.3) is 15.0 Å². The summed E-state index contributed by atoms with van der Waals surface area (Å²) >= 11 is 2.91. The predicted octanol–water partition coefficient (Wildman–Crippen LogP) is 2.90. The van der Waals surface area contributed by atoms with E-state index in [1.807, 2.05) is 13.8 Å². The maximum atomic E-state index is 11.8. The molecule has 0 aliphatic heterocycles. The minimum atomic E-state index is -3.95. The Morgan fingerprint density at radius 1 is 1.48 bits per heavy atom. The summed E-state index contributed by atoms with van der Waals surface area (Å²) in [6.07, 6.45) is 1.76. The van der Waals surface area contributed by atoms with Gasteiger partial charge >= 0.3 is 0 Å². The number of hydrogen-bond donors (Lipinski definition) is 1. The first-order valence-electron chi connectivity index (χ1n) is 6.35. The molecule has 1 N–H and O–H groups in total. The van der Waals surface area contributed by atoms with Crippen LogP contribution in [0, 0.1) is 0 Å². The third-order valence-electron chi connectivity index (χ3n) is 2.45. The third-order valence-corrected chi connectivity index (χ3v) is 4.63. The lowest BCUT2D eigenvalue weighted by molar-refractivity contribution is 0.0753. The first-order chi connectivity index (χ1) is 9.71. The van der Waals surface area contributed by atoms with Crippen molar-refractivity contribution in [3.8, 4) is 0 Å². The van der Waals surface area contributed by atoms with Crippen LogP contribution in [-0.4, -0.2) is 33.6 Å². The minimum Gasteiger partial charge on any atom is -0.443 e. The van der Waals surface area contributed by atoms with Crippen LogP contribution in [0.5, 0.6) is 0 Å². The van der Waals surface area contributed by atoms with Crippen LogP contribution in [0.25, 0.3) is 0 Å². The van der Waals surface area contributed by atoms with Crippen LogP contribution in [-0.2, 0) is 13.8 Å². The molecule has 6 nitrogen and oxygen atoms in total. The minimum absolute atomic E-state index is 0.0898. The lowest BCUT2D eigenvalue weighted by Crippen LogP contribution is -2.24. The molecule has 0 radical (unpaired) electrons. The number of halogens is 2. The van der Waals surface area contributed by atoms with E-state index in [0.717, 1.165) is 18.9 Å². The van der Waals surface area contributed by atoms with E-state index in [9.17, 15) is 13.2 Å². The lowest BCUT2D eigenvalue weighted by atomic mass is 10.3. The van der Waals surface area contributed by atoms with Gasteiger partial charge in [-0.15, -0.1) is 0 Å². The number of unbranched alkanes of at least 4 members (excludes halogenated alkanes) is 1. The highest BCUT2D eigenvalue weighted by Gasteiger charge is 2.22. The molecule has 0 aliphatic rings. The Morgan fingerprint density at radius 3 is 2.67 bits per heavy atom. The van der Waals surface area contributed by atoms with Gasteiger partial charge in [-0.25, -0.2) is 8.42 Å². The van der Waals surface area contributed by atoms with Gasteiger partial charge in [-0.1, -0.05) is 0 Å². The van der Waals surface area contributed by atoms with Gasteiger partial charge in [-0.05, 0) is 42.6 Å². The molecule has 0 spiro atoms. The van der Waals surface area contributed by atoms with Crippen LogP contribution < -0.4 is 5.32 Å². The third kappa shape index (κ3) is 6.37. The van der Waals surface area contributed by atoms with Crippen molar-refractivity contribution in [2.24, 2.45) is 0 Å². The van der Waals surface area contributed by atoms with Gasteiger partial charge in [-0.3, -0.25) is 4.79 Å². The number of carbonyl (C=O) groups is 1. The zero-order valence-electron chi connectivity index (χ0n) is 11.7. The molecule has 0 aromatic carbocycles. The summed E-state index contributed by atoms with van der Waals surface area (Å²) in [4.78, 5) is 11.5. The SMILES string of the molecule is CC(C)OCCCCNC(=O)c1cc(S(=O)(=O)Cl)c(Br)o1. The van der Waals surface area contributed by atoms with Gasteiger partial charge in [0.05, 0.1) is 6.10 Å². The van der Waals surface area contributed by atoms with E-state index in [2.05, 4.69) is 21.2 Å². The Morgan fingerprint density at radius 2 is 2.14 bits per heavy atom. The van der Waals surface area contributed by atoms with Crippen molar-refractivity contribution in [1.82, 2.24) is 5.32 Å². The van der Waals surface area contributed by atoms with E-state index >= 15 is 0 Å². The van der Waals surface area contributed by atoms with Crippen molar-refractivity contribution in [3.63, 3.8) is 0 Å². The van der Waals surface area contributed by atoms with Crippen molar-refractivity contribution in [2.75, 3.05) is 13.2 Å². The molecule has 0 saturated carbocycles. The summed E-state index contributed by atoms with van der Waals surface area (Å²) < 4.78 is 32.7.